The van der Waals surface area contributed by atoms with Gasteiger partial charge in [0.2, 0.25) is 0 Å². The number of nitrogen functional groups attached to an aromatic ring is 2. The van der Waals surface area contributed by atoms with E-state index in [4.69, 9.17) is 11.5 Å². The topological polar surface area (TPSA) is 139 Å². The Hall–Kier alpha value is -3.94. The molecular formula is C22H16N2O6. The lowest BCUT2D eigenvalue weighted by molar-refractivity contribution is -0.158. The molecule has 3 aromatic rings. The Morgan fingerprint density at radius 3 is 1.20 bits per heavy atom. The van der Waals surface area contributed by atoms with Crippen LogP contribution in [-0.4, -0.2) is 23.9 Å². The lowest BCUT2D eigenvalue weighted by Crippen LogP contribution is -2.50. The number of ether oxygens (including phenoxy) is 2. The minimum Gasteiger partial charge on any atom is -0.399 e. The molecule has 2 heterocycles. The van der Waals surface area contributed by atoms with Crippen LogP contribution in [0.3, 0.4) is 0 Å². The first-order valence-corrected chi connectivity index (χ1v) is 9.34. The zero-order valence-corrected chi connectivity index (χ0v) is 15.5. The minimum absolute atomic E-state index is 0.715. The fourth-order valence-corrected chi connectivity index (χ4v) is 4.50. The molecule has 3 aromatic carbocycles. The molecule has 1 aliphatic carbocycles. The normalized spacial score (nSPS) is 26.4. The van der Waals surface area contributed by atoms with Gasteiger partial charge in [0.25, 0.3) is 0 Å². The van der Waals surface area contributed by atoms with Gasteiger partial charge in [0.05, 0.1) is 23.7 Å². The van der Waals surface area contributed by atoms with Crippen LogP contribution in [0.5, 0.6) is 0 Å². The van der Waals surface area contributed by atoms with Crippen molar-refractivity contribution in [3.63, 3.8) is 0 Å². The van der Waals surface area contributed by atoms with Crippen molar-refractivity contribution >= 4 is 56.8 Å². The van der Waals surface area contributed by atoms with Crippen molar-refractivity contribution in [1.82, 2.24) is 0 Å². The number of carbonyl (C=O) groups excluding carboxylic acids is 4. The first-order chi connectivity index (χ1) is 14.3. The molecule has 0 atom stereocenters. The van der Waals surface area contributed by atoms with E-state index in [1.807, 2.05) is 24.3 Å². The molecule has 3 aliphatic rings. The van der Waals surface area contributed by atoms with Crippen LogP contribution in [-0.2, 0) is 28.7 Å². The highest BCUT2D eigenvalue weighted by Crippen LogP contribution is 2.54. The molecule has 2 aliphatic heterocycles. The maximum Gasteiger partial charge on any atom is 0.318 e. The van der Waals surface area contributed by atoms with Crippen molar-refractivity contribution in [2.45, 2.75) is 0 Å². The van der Waals surface area contributed by atoms with Gasteiger partial charge in [-0.25, -0.2) is 0 Å². The predicted molar refractivity (Wildman–Crippen MR) is 106 cm³/mol. The fraction of sp³-hybridized carbons (Fsp3) is 0.182. The van der Waals surface area contributed by atoms with Gasteiger partial charge in [-0.2, -0.15) is 0 Å². The van der Waals surface area contributed by atoms with E-state index < -0.39 is 47.5 Å². The molecule has 2 saturated heterocycles. The van der Waals surface area contributed by atoms with Crippen molar-refractivity contribution in [2.75, 3.05) is 11.5 Å². The third-order valence-electron chi connectivity index (χ3n) is 5.92. The second-order valence-corrected chi connectivity index (χ2v) is 7.61. The van der Waals surface area contributed by atoms with Crippen molar-refractivity contribution in [1.29, 1.82) is 0 Å². The van der Waals surface area contributed by atoms with Gasteiger partial charge < -0.3 is 20.9 Å². The minimum atomic E-state index is -0.786. The Bertz CT molecular complexity index is 1140. The zero-order chi connectivity index (χ0) is 21.2. The summed E-state index contributed by atoms with van der Waals surface area (Å²) in [5.41, 5.74) is 13.1. The van der Waals surface area contributed by atoms with Gasteiger partial charge in [-0.15, -0.1) is 0 Å². The van der Waals surface area contributed by atoms with Crippen LogP contribution in [0.2, 0.25) is 0 Å². The molecule has 30 heavy (non-hydrogen) atoms. The van der Waals surface area contributed by atoms with Crippen LogP contribution < -0.4 is 11.5 Å². The molecule has 8 heteroatoms. The number of benzene rings is 3. The quantitative estimate of drug-likeness (QED) is 0.250. The molecule has 0 spiro atoms. The van der Waals surface area contributed by atoms with Crippen LogP contribution in [0.15, 0.2) is 48.5 Å². The third-order valence-corrected chi connectivity index (χ3v) is 5.92. The molecule has 0 radical (unpaired) electrons. The van der Waals surface area contributed by atoms with Gasteiger partial charge in [0.15, 0.2) is 0 Å². The molecule has 0 aromatic heterocycles. The molecule has 6 rings (SSSR count). The molecule has 0 amide bonds. The van der Waals surface area contributed by atoms with E-state index in [1.54, 1.807) is 0 Å². The van der Waals surface area contributed by atoms with Crippen LogP contribution >= 0.6 is 0 Å². The summed E-state index contributed by atoms with van der Waals surface area (Å²) in [7, 11) is 0. The van der Waals surface area contributed by atoms with Gasteiger partial charge in [-0.1, -0.05) is 24.3 Å². The third kappa shape index (κ3) is 2.53. The van der Waals surface area contributed by atoms with Crippen LogP contribution in [0, 0.1) is 23.7 Å². The number of hydrogen-bond acceptors (Lipinski definition) is 8. The van der Waals surface area contributed by atoms with Gasteiger partial charge in [0.1, 0.15) is 0 Å². The van der Waals surface area contributed by atoms with Crippen molar-refractivity contribution in [2.24, 2.45) is 23.7 Å². The highest BCUT2D eigenvalue weighted by Gasteiger charge is 2.72. The zero-order valence-electron chi connectivity index (χ0n) is 15.5. The number of esters is 4. The molecule has 1 saturated carbocycles. The Morgan fingerprint density at radius 2 is 0.867 bits per heavy atom. The maximum atomic E-state index is 11.1. The molecule has 8 nitrogen and oxygen atoms in total. The second-order valence-electron chi connectivity index (χ2n) is 7.61. The molecule has 4 N–H and O–H groups in total. The number of fused-ring (bicyclic) bond motifs is 7. The van der Waals surface area contributed by atoms with Gasteiger partial charge >= 0.3 is 23.9 Å². The van der Waals surface area contributed by atoms with E-state index in [2.05, 4.69) is 33.7 Å². The predicted octanol–water partition coefficient (Wildman–Crippen LogP) is 1.79. The van der Waals surface area contributed by atoms with Crippen LogP contribution in [0.25, 0.3) is 21.5 Å². The Labute approximate surface area is 169 Å². The number of hydrogen-bond donors (Lipinski definition) is 2. The highest BCUT2D eigenvalue weighted by atomic mass is 16.6. The van der Waals surface area contributed by atoms with E-state index in [9.17, 15) is 19.2 Å². The average molecular weight is 404 g/mol. The van der Waals surface area contributed by atoms with E-state index in [0.29, 0.717) is 0 Å². The van der Waals surface area contributed by atoms with Crippen molar-refractivity contribution < 1.29 is 28.7 Å². The molecular weight excluding hydrogens is 388 g/mol. The number of carbonyl (C=O) groups is 4. The molecule has 0 bridgehead atoms. The van der Waals surface area contributed by atoms with Gasteiger partial charge in [-0.3, -0.25) is 19.2 Å². The van der Waals surface area contributed by atoms with E-state index in [-0.39, 0.29) is 0 Å². The maximum absolute atomic E-state index is 11.1. The van der Waals surface area contributed by atoms with Gasteiger partial charge in [-0.05, 0) is 45.8 Å². The van der Waals surface area contributed by atoms with Crippen molar-refractivity contribution in [3.8, 4) is 0 Å². The van der Waals surface area contributed by atoms with Crippen molar-refractivity contribution in [3.05, 3.63) is 48.5 Å². The lowest BCUT2D eigenvalue weighted by Gasteiger charge is -2.33. The standard InChI is InChI=1S/C14H12N2.C8H4O6/c15-11-3-5-13-9(7-11)1-2-10-8-12(16)4-6-14(10)13;9-5-1-2(6(10)13-5)4-3(1)7(11)14-8(4)12/h1-8H,15-16H2;1-4H. The van der Waals surface area contributed by atoms with E-state index in [0.717, 1.165) is 22.1 Å². The Balaban J connectivity index is 0.000000130. The number of anilines is 2. The summed E-state index contributed by atoms with van der Waals surface area (Å²) in [6.07, 6.45) is 0. The van der Waals surface area contributed by atoms with Crippen LogP contribution in [0.1, 0.15) is 0 Å². The SMILES string of the molecule is Nc1ccc2c(ccc3cc(N)ccc32)c1.O=C1OC(=O)C2C1C1C(=O)OC(=O)C21. The second kappa shape index (κ2) is 6.28. The summed E-state index contributed by atoms with van der Waals surface area (Å²) in [6, 6.07) is 16.1. The summed E-state index contributed by atoms with van der Waals surface area (Å²) in [5, 5.41) is 4.76. The van der Waals surface area contributed by atoms with Gasteiger partial charge in [0, 0.05) is 11.4 Å². The summed E-state index contributed by atoms with van der Waals surface area (Å²) >= 11 is 0. The fourth-order valence-electron chi connectivity index (χ4n) is 4.50. The molecule has 3 fully saturated rings. The largest absolute Gasteiger partial charge is 0.399 e. The average Bonchev–Trinajstić information content (AvgIpc) is 3.03. The monoisotopic (exact) mass is 404 g/mol. The summed E-state index contributed by atoms with van der Waals surface area (Å²) in [5.74, 6) is -6.00. The van der Waals surface area contributed by atoms with Crippen LogP contribution in [0.4, 0.5) is 11.4 Å². The molecule has 0 unspecified atom stereocenters. The lowest BCUT2D eigenvalue weighted by atomic mass is 9.59. The number of nitrogens with two attached hydrogens (primary N) is 2. The summed E-state index contributed by atoms with van der Waals surface area (Å²) in [6.45, 7) is 0. The smallest absolute Gasteiger partial charge is 0.318 e. The Morgan fingerprint density at radius 1 is 0.533 bits per heavy atom. The first-order valence-electron chi connectivity index (χ1n) is 9.34. The van der Waals surface area contributed by atoms with E-state index in [1.165, 1.54) is 10.8 Å². The molecule has 150 valence electrons. The number of rotatable bonds is 0. The number of cyclic esters (lactones) is 4. The summed E-state index contributed by atoms with van der Waals surface area (Å²) in [4.78, 5) is 44.3. The van der Waals surface area contributed by atoms with E-state index >= 15 is 0 Å². The first kappa shape index (κ1) is 18.1. The Kier molecular flexibility index (Phi) is 3.79. The highest BCUT2D eigenvalue weighted by molar-refractivity contribution is 6.10. The summed E-state index contributed by atoms with van der Waals surface area (Å²) < 4.78 is 8.69.